The van der Waals surface area contributed by atoms with Crippen LogP contribution in [0.4, 0.5) is 0 Å². The minimum atomic E-state index is -1.83. The summed E-state index contributed by atoms with van der Waals surface area (Å²) >= 11 is 0. The molecule has 0 saturated heterocycles. The Kier molecular flexibility index (Phi) is 5.47. The molecule has 0 unspecified atom stereocenters. The minimum Gasteiger partial charge on any atom is -0.546 e. The Morgan fingerprint density at radius 1 is 1.11 bits per heavy atom. The topological polar surface area (TPSA) is 22.4 Å². The van der Waals surface area contributed by atoms with Gasteiger partial charge in [-0.3, -0.25) is 0 Å². The molecule has 3 heteroatoms. The van der Waals surface area contributed by atoms with Gasteiger partial charge in [0.2, 0.25) is 0 Å². The molecule has 0 atom stereocenters. The van der Waals surface area contributed by atoms with Crippen LogP contribution < -0.4 is 0 Å². The monoisotopic (exact) mass is 280 g/mol. The van der Waals surface area contributed by atoms with Crippen LogP contribution in [-0.2, 0) is 4.43 Å². The van der Waals surface area contributed by atoms with Crippen molar-refractivity contribution < 1.29 is 8.84 Å². The van der Waals surface area contributed by atoms with Gasteiger partial charge in [0, 0.05) is 6.08 Å². The molecule has 1 aromatic rings. The van der Waals surface area contributed by atoms with Gasteiger partial charge in [-0.1, -0.05) is 41.5 Å². The molecule has 0 aliphatic heterocycles. The fraction of sp³-hybridized carbons (Fsp3) is 0.625. The summed E-state index contributed by atoms with van der Waals surface area (Å²) in [5, 5.41) is 0. The average Bonchev–Trinajstić information content (AvgIpc) is 2.76. The molecule has 0 aliphatic carbocycles. The fourth-order valence-electron chi connectivity index (χ4n) is 3.24. The molecule has 0 fully saturated rings. The van der Waals surface area contributed by atoms with E-state index >= 15 is 0 Å². The summed E-state index contributed by atoms with van der Waals surface area (Å²) in [7, 11) is -1.83. The van der Waals surface area contributed by atoms with Crippen molar-refractivity contribution in [3.63, 3.8) is 0 Å². The van der Waals surface area contributed by atoms with Crippen molar-refractivity contribution in [3.8, 4) is 0 Å². The maximum atomic E-state index is 6.54. The zero-order valence-electron chi connectivity index (χ0n) is 13.4. The SMILES string of the molecule is C/C(=C/c1ccco1)O[Si](C(C)C)(C(C)C)C(C)C. The Bertz CT molecular complexity index is 381. The molecule has 1 rings (SSSR count). The van der Waals surface area contributed by atoms with Crippen LogP contribution in [0.25, 0.3) is 6.08 Å². The summed E-state index contributed by atoms with van der Waals surface area (Å²) in [4.78, 5) is 0. The van der Waals surface area contributed by atoms with Crippen LogP contribution in [0.1, 0.15) is 54.2 Å². The zero-order valence-corrected chi connectivity index (χ0v) is 14.4. The molecule has 19 heavy (non-hydrogen) atoms. The van der Waals surface area contributed by atoms with Crippen molar-refractivity contribution in [3.05, 3.63) is 29.9 Å². The first kappa shape index (κ1) is 16.1. The molecule has 0 radical (unpaired) electrons. The highest BCUT2D eigenvalue weighted by atomic mass is 28.4. The van der Waals surface area contributed by atoms with Crippen LogP contribution in [0.3, 0.4) is 0 Å². The van der Waals surface area contributed by atoms with Gasteiger partial charge in [0.25, 0.3) is 8.32 Å². The van der Waals surface area contributed by atoms with Crippen LogP contribution in [0.5, 0.6) is 0 Å². The molecule has 0 amide bonds. The predicted octanol–water partition coefficient (Wildman–Crippen LogP) is 5.83. The largest absolute Gasteiger partial charge is 0.546 e. The predicted molar refractivity (Wildman–Crippen MR) is 84.5 cm³/mol. The van der Waals surface area contributed by atoms with E-state index in [4.69, 9.17) is 8.84 Å². The van der Waals surface area contributed by atoms with Crippen LogP contribution in [0.15, 0.2) is 28.6 Å². The third-order valence-electron chi connectivity index (χ3n) is 3.93. The van der Waals surface area contributed by atoms with Crippen molar-refractivity contribution in [1.82, 2.24) is 0 Å². The molecule has 1 aromatic heterocycles. The van der Waals surface area contributed by atoms with Crippen LogP contribution in [0, 0.1) is 0 Å². The van der Waals surface area contributed by atoms with Crippen molar-refractivity contribution in [1.29, 1.82) is 0 Å². The lowest BCUT2D eigenvalue weighted by Gasteiger charge is -2.42. The minimum absolute atomic E-state index is 0.590. The van der Waals surface area contributed by atoms with Gasteiger partial charge in [0.1, 0.15) is 5.76 Å². The molecule has 1 heterocycles. The fourth-order valence-corrected chi connectivity index (χ4v) is 8.56. The van der Waals surface area contributed by atoms with Crippen LogP contribution in [0.2, 0.25) is 16.6 Å². The van der Waals surface area contributed by atoms with E-state index in [0.29, 0.717) is 16.6 Å². The lowest BCUT2D eigenvalue weighted by molar-refractivity contribution is 0.376. The van der Waals surface area contributed by atoms with E-state index < -0.39 is 8.32 Å². The summed E-state index contributed by atoms with van der Waals surface area (Å²) in [5.74, 6) is 1.83. The van der Waals surface area contributed by atoms with E-state index in [1.807, 2.05) is 25.1 Å². The standard InChI is InChI=1S/C16H28O2Si/c1-12(2)19(13(3)4,14(5)6)18-15(7)11-16-9-8-10-17-16/h8-14H,1-7H3/b15-11-. The molecule has 0 N–H and O–H groups in total. The number of hydrogen-bond acceptors (Lipinski definition) is 2. The van der Waals surface area contributed by atoms with Crippen molar-refractivity contribution >= 4 is 14.4 Å². The third kappa shape index (κ3) is 3.53. The van der Waals surface area contributed by atoms with E-state index in [2.05, 4.69) is 41.5 Å². The van der Waals surface area contributed by atoms with Gasteiger partial charge in [-0.05, 0) is 35.7 Å². The van der Waals surface area contributed by atoms with E-state index in [-0.39, 0.29) is 0 Å². The van der Waals surface area contributed by atoms with E-state index in [1.54, 1.807) is 6.26 Å². The van der Waals surface area contributed by atoms with E-state index in [0.717, 1.165) is 11.5 Å². The lowest BCUT2D eigenvalue weighted by Crippen LogP contribution is -2.47. The first-order valence-corrected chi connectivity index (χ1v) is 9.35. The Balaban J connectivity index is 3.01. The smallest absolute Gasteiger partial charge is 0.258 e. The molecule has 0 bridgehead atoms. The molecule has 0 saturated carbocycles. The Hall–Kier alpha value is -0.963. The van der Waals surface area contributed by atoms with Gasteiger partial charge in [0.15, 0.2) is 0 Å². The second kappa shape index (κ2) is 6.46. The van der Waals surface area contributed by atoms with Gasteiger partial charge in [0.05, 0.1) is 12.0 Å². The first-order chi connectivity index (χ1) is 8.80. The van der Waals surface area contributed by atoms with Crippen molar-refractivity contribution in [2.75, 3.05) is 0 Å². The van der Waals surface area contributed by atoms with Gasteiger partial charge in [-0.25, -0.2) is 0 Å². The van der Waals surface area contributed by atoms with Crippen molar-refractivity contribution in [2.45, 2.75) is 65.1 Å². The Labute approximate surface area is 119 Å². The van der Waals surface area contributed by atoms with Crippen LogP contribution >= 0.6 is 0 Å². The number of hydrogen-bond donors (Lipinski definition) is 0. The van der Waals surface area contributed by atoms with Gasteiger partial charge < -0.3 is 8.84 Å². The summed E-state index contributed by atoms with van der Waals surface area (Å²) in [6.45, 7) is 15.8. The number of rotatable bonds is 6. The Morgan fingerprint density at radius 2 is 1.63 bits per heavy atom. The summed E-state index contributed by atoms with van der Waals surface area (Å²) in [5.41, 5.74) is 1.77. The normalized spacial score (nSPS) is 13.7. The zero-order chi connectivity index (χ0) is 14.6. The molecule has 0 spiro atoms. The maximum absolute atomic E-state index is 6.54. The quantitative estimate of drug-likeness (QED) is 0.483. The summed E-state index contributed by atoms with van der Waals surface area (Å²) in [6, 6.07) is 3.85. The van der Waals surface area contributed by atoms with Gasteiger partial charge >= 0.3 is 0 Å². The summed E-state index contributed by atoms with van der Waals surface area (Å²) in [6.07, 6.45) is 3.69. The highest BCUT2D eigenvalue weighted by molar-refractivity contribution is 6.77. The molecule has 0 aromatic carbocycles. The molecular weight excluding hydrogens is 252 g/mol. The number of allylic oxidation sites excluding steroid dienone is 1. The van der Waals surface area contributed by atoms with Crippen LogP contribution in [-0.4, -0.2) is 8.32 Å². The number of furan rings is 1. The second-order valence-electron chi connectivity index (χ2n) is 6.19. The summed E-state index contributed by atoms with van der Waals surface area (Å²) < 4.78 is 11.9. The van der Waals surface area contributed by atoms with Gasteiger partial charge in [-0.2, -0.15) is 0 Å². The molecular formula is C16H28O2Si. The molecule has 0 aliphatic rings. The first-order valence-electron chi connectivity index (χ1n) is 7.21. The van der Waals surface area contributed by atoms with Crippen molar-refractivity contribution in [2.24, 2.45) is 0 Å². The lowest BCUT2D eigenvalue weighted by atomic mass is 10.4. The van der Waals surface area contributed by atoms with E-state index in [1.165, 1.54) is 0 Å². The highest BCUT2D eigenvalue weighted by Crippen LogP contribution is 2.43. The highest BCUT2D eigenvalue weighted by Gasteiger charge is 2.46. The van der Waals surface area contributed by atoms with E-state index in [9.17, 15) is 0 Å². The second-order valence-corrected chi connectivity index (χ2v) is 11.6. The Morgan fingerprint density at radius 3 is 2.00 bits per heavy atom. The molecule has 2 nitrogen and oxygen atoms in total. The molecule has 108 valence electrons. The van der Waals surface area contributed by atoms with Gasteiger partial charge in [-0.15, -0.1) is 0 Å². The average molecular weight is 280 g/mol. The maximum Gasteiger partial charge on any atom is 0.258 e. The third-order valence-corrected chi connectivity index (χ3v) is 10.0.